The average Bonchev–Trinajstić information content (AvgIpc) is 2.66. The Morgan fingerprint density at radius 2 is 2.11 bits per heavy atom. The van der Waals surface area contributed by atoms with Crippen LogP contribution in [0.25, 0.3) is 11.1 Å². The van der Waals surface area contributed by atoms with Crippen molar-refractivity contribution in [2.24, 2.45) is 5.92 Å². The van der Waals surface area contributed by atoms with Crippen LogP contribution in [0.2, 0.25) is 0 Å². The van der Waals surface area contributed by atoms with Gasteiger partial charge in [-0.2, -0.15) is 0 Å². The summed E-state index contributed by atoms with van der Waals surface area (Å²) >= 11 is 0. The first-order valence-electron chi connectivity index (χ1n) is 6.55. The summed E-state index contributed by atoms with van der Waals surface area (Å²) in [4.78, 5) is 0. The number of aryl methyl sites for hydroxylation is 1. The first-order valence-corrected chi connectivity index (χ1v) is 6.55. The topological polar surface area (TPSA) is 52.0 Å². The number of nitrogens with zero attached hydrogens (tertiary/aromatic N) is 1. The number of hydrogen-bond acceptors (Lipinski definition) is 3. The minimum absolute atomic E-state index is 0.443. The number of anilines is 1. The van der Waals surface area contributed by atoms with Crippen LogP contribution in [0.15, 0.2) is 28.8 Å². The third-order valence-electron chi connectivity index (χ3n) is 3.91. The van der Waals surface area contributed by atoms with Gasteiger partial charge in [0, 0.05) is 0 Å². The predicted molar refractivity (Wildman–Crippen MR) is 72.1 cm³/mol. The molecule has 0 bridgehead atoms. The molecule has 0 spiro atoms. The fourth-order valence-electron chi connectivity index (χ4n) is 2.59. The van der Waals surface area contributed by atoms with E-state index in [1.807, 2.05) is 12.1 Å². The van der Waals surface area contributed by atoms with E-state index in [-0.39, 0.29) is 0 Å². The molecule has 0 radical (unpaired) electrons. The zero-order valence-electron chi connectivity index (χ0n) is 10.6. The minimum Gasteiger partial charge on any atom is -0.367 e. The molecule has 3 nitrogen and oxygen atoms in total. The SMILES string of the molecule is Cc1ccccc1-c1c(CC2CCC2)noc1N. The normalized spacial score (nSPS) is 15.6. The number of benzene rings is 1. The van der Waals surface area contributed by atoms with Crippen LogP contribution in [0.4, 0.5) is 5.88 Å². The van der Waals surface area contributed by atoms with E-state index >= 15 is 0 Å². The molecular weight excluding hydrogens is 224 g/mol. The maximum atomic E-state index is 5.95. The van der Waals surface area contributed by atoms with Gasteiger partial charge in [0.2, 0.25) is 5.88 Å². The standard InChI is InChI=1S/C15H18N2O/c1-10-5-2-3-8-12(10)14-13(17-18-15(14)16)9-11-6-4-7-11/h2-3,5,8,11H,4,6-7,9,16H2,1H3. The summed E-state index contributed by atoms with van der Waals surface area (Å²) in [5.74, 6) is 1.20. The van der Waals surface area contributed by atoms with Crippen LogP contribution in [0.3, 0.4) is 0 Å². The highest BCUT2D eigenvalue weighted by molar-refractivity contribution is 5.77. The van der Waals surface area contributed by atoms with Crippen LogP contribution in [-0.2, 0) is 6.42 Å². The van der Waals surface area contributed by atoms with Crippen molar-refractivity contribution in [2.45, 2.75) is 32.6 Å². The molecule has 3 rings (SSSR count). The van der Waals surface area contributed by atoms with Gasteiger partial charge in [0.05, 0.1) is 11.3 Å². The fraction of sp³-hybridized carbons (Fsp3) is 0.400. The van der Waals surface area contributed by atoms with Crippen molar-refractivity contribution in [2.75, 3.05) is 5.73 Å². The highest BCUT2D eigenvalue weighted by Gasteiger charge is 2.24. The van der Waals surface area contributed by atoms with E-state index in [2.05, 4.69) is 24.2 Å². The Labute approximate surface area is 107 Å². The predicted octanol–water partition coefficient (Wildman–Crippen LogP) is 3.57. The lowest BCUT2D eigenvalue weighted by molar-refractivity contribution is 0.306. The van der Waals surface area contributed by atoms with Crippen LogP contribution in [-0.4, -0.2) is 5.16 Å². The van der Waals surface area contributed by atoms with Gasteiger partial charge < -0.3 is 10.3 Å². The molecule has 0 unspecified atom stereocenters. The van der Waals surface area contributed by atoms with E-state index in [1.165, 1.54) is 24.8 Å². The van der Waals surface area contributed by atoms with E-state index in [9.17, 15) is 0 Å². The summed E-state index contributed by atoms with van der Waals surface area (Å²) < 4.78 is 5.20. The van der Waals surface area contributed by atoms with Crippen molar-refractivity contribution in [1.82, 2.24) is 5.16 Å². The quantitative estimate of drug-likeness (QED) is 0.895. The van der Waals surface area contributed by atoms with E-state index in [4.69, 9.17) is 10.3 Å². The average molecular weight is 242 g/mol. The molecule has 18 heavy (non-hydrogen) atoms. The molecule has 0 atom stereocenters. The van der Waals surface area contributed by atoms with Gasteiger partial charge >= 0.3 is 0 Å². The molecule has 0 aliphatic heterocycles. The molecule has 0 saturated heterocycles. The second kappa shape index (κ2) is 4.48. The highest BCUT2D eigenvalue weighted by atomic mass is 16.5. The molecule has 94 valence electrons. The fourth-order valence-corrected chi connectivity index (χ4v) is 2.59. The van der Waals surface area contributed by atoms with Crippen LogP contribution in [0.5, 0.6) is 0 Å². The van der Waals surface area contributed by atoms with E-state index in [0.29, 0.717) is 5.88 Å². The van der Waals surface area contributed by atoms with Gasteiger partial charge in [0.15, 0.2) is 0 Å². The maximum Gasteiger partial charge on any atom is 0.230 e. The second-order valence-electron chi connectivity index (χ2n) is 5.18. The summed E-state index contributed by atoms with van der Waals surface area (Å²) in [5, 5.41) is 4.16. The van der Waals surface area contributed by atoms with E-state index in [1.54, 1.807) is 0 Å². The molecule has 1 saturated carbocycles. The lowest BCUT2D eigenvalue weighted by Crippen LogP contribution is -2.14. The number of hydrogen-bond donors (Lipinski definition) is 1. The summed E-state index contributed by atoms with van der Waals surface area (Å²) in [6.07, 6.45) is 4.95. The molecule has 1 aromatic carbocycles. The summed E-state index contributed by atoms with van der Waals surface area (Å²) in [7, 11) is 0. The van der Waals surface area contributed by atoms with Crippen LogP contribution in [0.1, 0.15) is 30.5 Å². The molecule has 2 N–H and O–H groups in total. The van der Waals surface area contributed by atoms with Gasteiger partial charge in [-0.1, -0.05) is 48.7 Å². The lowest BCUT2D eigenvalue weighted by atomic mass is 9.81. The van der Waals surface area contributed by atoms with Crippen molar-refractivity contribution in [3.05, 3.63) is 35.5 Å². The van der Waals surface area contributed by atoms with Gasteiger partial charge in [0.25, 0.3) is 0 Å². The van der Waals surface area contributed by atoms with Crippen LogP contribution >= 0.6 is 0 Å². The zero-order chi connectivity index (χ0) is 12.5. The number of aromatic nitrogens is 1. The van der Waals surface area contributed by atoms with Crippen molar-refractivity contribution in [3.63, 3.8) is 0 Å². The zero-order valence-corrected chi connectivity index (χ0v) is 10.6. The minimum atomic E-state index is 0.443. The molecule has 2 aromatic rings. The molecule has 1 aromatic heterocycles. The van der Waals surface area contributed by atoms with Crippen molar-refractivity contribution in [1.29, 1.82) is 0 Å². The summed E-state index contributed by atoms with van der Waals surface area (Å²) in [6, 6.07) is 8.24. The second-order valence-corrected chi connectivity index (χ2v) is 5.18. The third kappa shape index (κ3) is 1.90. The first-order chi connectivity index (χ1) is 8.75. The van der Waals surface area contributed by atoms with Crippen molar-refractivity contribution >= 4 is 5.88 Å². The highest BCUT2D eigenvalue weighted by Crippen LogP contribution is 2.36. The third-order valence-corrected chi connectivity index (χ3v) is 3.91. The molecule has 1 aliphatic rings. The Balaban J connectivity index is 1.99. The largest absolute Gasteiger partial charge is 0.367 e. The first kappa shape index (κ1) is 11.3. The van der Waals surface area contributed by atoms with Crippen molar-refractivity contribution in [3.8, 4) is 11.1 Å². The molecular formula is C15H18N2O. The van der Waals surface area contributed by atoms with Crippen LogP contribution < -0.4 is 5.73 Å². The van der Waals surface area contributed by atoms with Gasteiger partial charge in [-0.15, -0.1) is 0 Å². The Hall–Kier alpha value is -1.77. The Morgan fingerprint density at radius 1 is 1.33 bits per heavy atom. The van der Waals surface area contributed by atoms with Crippen LogP contribution in [0, 0.1) is 12.8 Å². The number of rotatable bonds is 3. The van der Waals surface area contributed by atoms with E-state index in [0.717, 1.165) is 29.2 Å². The summed E-state index contributed by atoms with van der Waals surface area (Å²) in [5.41, 5.74) is 10.3. The smallest absolute Gasteiger partial charge is 0.230 e. The number of nitrogens with two attached hydrogens (primary N) is 1. The molecule has 1 fully saturated rings. The lowest BCUT2D eigenvalue weighted by Gasteiger charge is -2.24. The van der Waals surface area contributed by atoms with Gasteiger partial charge in [-0.3, -0.25) is 0 Å². The van der Waals surface area contributed by atoms with Crippen molar-refractivity contribution < 1.29 is 4.52 Å². The molecule has 1 heterocycles. The Kier molecular flexibility index (Phi) is 2.82. The molecule has 0 amide bonds. The Morgan fingerprint density at radius 3 is 2.78 bits per heavy atom. The number of nitrogen functional groups attached to an aromatic ring is 1. The monoisotopic (exact) mass is 242 g/mol. The van der Waals surface area contributed by atoms with Gasteiger partial charge in [0.1, 0.15) is 0 Å². The van der Waals surface area contributed by atoms with Gasteiger partial charge in [-0.05, 0) is 30.4 Å². The molecule has 1 aliphatic carbocycles. The Bertz CT molecular complexity index is 555. The maximum absolute atomic E-state index is 5.95. The summed E-state index contributed by atoms with van der Waals surface area (Å²) in [6.45, 7) is 2.09. The molecule has 3 heteroatoms. The van der Waals surface area contributed by atoms with Gasteiger partial charge in [-0.25, -0.2) is 0 Å². The van der Waals surface area contributed by atoms with E-state index < -0.39 is 0 Å².